The molecule has 0 bridgehead atoms. The second kappa shape index (κ2) is 7.24. The number of nitrogens with zero attached hydrogens (tertiary/aromatic N) is 3. The molecule has 5 nitrogen and oxygen atoms in total. The number of hydrogen-bond donors (Lipinski definition) is 0. The van der Waals surface area contributed by atoms with Crippen molar-refractivity contribution in [3.8, 4) is 0 Å². The lowest BCUT2D eigenvalue weighted by Crippen LogP contribution is -2.35. The number of likely N-dealkylation sites (N-methyl/N-ethyl adjacent to an activating group) is 2. The van der Waals surface area contributed by atoms with Crippen LogP contribution in [0.3, 0.4) is 0 Å². The van der Waals surface area contributed by atoms with Crippen molar-refractivity contribution in [2.75, 3.05) is 20.6 Å². The number of carbonyl (C=O) groups is 1. The van der Waals surface area contributed by atoms with Gasteiger partial charge in [-0.15, -0.1) is 0 Å². The zero-order valence-electron chi connectivity index (χ0n) is 12.1. The normalized spacial score (nSPS) is 10.9. The molecule has 0 saturated heterocycles. The van der Waals surface area contributed by atoms with Gasteiger partial charge in [-0.1, -0.05) is 17.7 Å². The van der Waals surface area contributed by atoms with Gasteiger partial charge < -0.3 is 9.32 Å². The van der Waals surface area contributed by atoms with Gasteiger partial charge >= 0.3 is 0 Å². The third-order valence-corrected chi connectivity index (χ3v) is 3.27. The quantitative estimate of drug-likeness (QED) is 0.769. The van der Waals surface area contributed by atoms with Crippen LogP contribution in [0.2, 0.25) is 5.15 Å². The van der Waals surface area contributed by atoms with Crippen LogP contribution in [-0.2, 0) is 17.9 Å². The summed E-state index contributed by atoms with van der Waals surface area (Å²) >= 11 is 5.75. The van der Waals surface area contributed by atoms with Crippen LogP contribution >= 0.6 is 11.6 Å². The van der Waals surface area contributed by atoms with E-state index >= 15 is 0 Å². The number of amides is 1. The van der Waals surface area contributed by atoms with Crippen LogP contribution in [0, 0.1) is 0 Å². The molecule has 6 heteroatoms. The van der Waals surface area contributed by atoms with Gasteiger partial charge in [0.05, 0.1) is 19.4 Å². The number of hydrogen-bond acceptors (Lipinski definition) is 4. The first-order valence-electron chi connectivity index (χ1n) is 6.60. The molecule has 0 atom stereocenters. The van der Waals surface area contributed by atoms with Gasteiger partial charge in [0.2, 0.25) is 5.91 Å². The van der Waals surface area contributed by atoms with E-state index in [1.54, 1.807) is 30.5 Å². The van der Waals surface area contributed by atoms with Crippen LogP contribution in [0.25, 0.3) is 0 Å². The van der Waals surface area contributed by atoms with Gasteiger partial charge in [-0.3, -0.25) is 9.69 Å². The summed E-state index contributed by atoms with van der Waals surface area (Å²) in [6.45, 7) is 1.45. The predicted octanol–water partition coefficient (Wildman–Crippen LogP) is 2.42. The number of aromatic nitrogens is 1. The first-order valence-corrected chi connectivity index (χ1v) is 6.97. The van der Waals surface area contributed by atoms with Crippen molar-refractivity contribution in [3.63, 3.8) is 0 Å². The lowest BCUT2D eigenvalue weighted by molar-refractivity contribution is -0.131. The minimum atomic E-state index is 0.0378. The second-order valence-electron chi connectivity index (χ2n) is 4.99. The molecule has 0 aromatic carbocycles. The highest BCUT2D eigenvalue weighted by atomic mass is 35.5. The van der Waals surface area contributed by atoms with E-state index in [2.05, 4.69) is 4.98 Å². The van der Waals surface area contributed by atoms with E-state index in [9.17, 15) is 4.79 Å². The highest BCUT2D eigenvalue weighted by molar-refractivity contribution is 6.29. The Morgan fingerprint density at radius 2 is 2.10 bits per heavy atom. The molecule has 1 amide bonds. The Bertz CT molecular complexity index is 569. The molecule has 0 aliphatic carbocycles. The first kappa shape index (κ1) is 15.5. The zero-order chi connectivity index (χ0) is 15.2. The maximum atomic E-state index is 12.1. The van der Waals surface area contributed by atoms with Crippen LogP contribution in [0.15, 0.2) is 41.1 Å². The van der Waals surface area contributed by atoms with E-state index in [-0.39, 0.29) is 5.91 Å². The molecule has 0 aliphatic rings. The van der Waals surface area contributed by atoms with Crippen molar-refractivity contribution in [3.05, 3.63) is 53.2 Å². The molecule has 0 aliphatic heterocycles. The van der Waals surface area contributed by atoms with Crippen LogP contribution < -0.4 is 0 Å². The Labute approximate surface area is 129 Å². The molecular formula is C15H18ClN3O2. The topological polar surface area (TPSA) is 49.6 Å². The molecule has 0 N–H and O–H groups in total. The summed E-state index contributed by atoms with van der Waals surface area (Å²) < 4.78 is 5.24. The smallest absolute Gasteiger partial charge is 0.236 e. The lowest BCUT2D eigenvalue weighted by atomic mass is 10.2. The standard InChI is InChI=1S/C15H18ClN3O2/c1-18(9-12-5-6-14(16)17-8-12)11-15(20)19(2)10-13-4-3-7-21-13/h3-8H,9-11H2,1-2H3. The number of furan rings is 1. The molecule has 0 fully saturated rings. The summed E-state index contributed by atoms with van der Waals surface area (Å²) in [6, 6.07) is 7.32. The molecule has 21 heavy (non-hydrogen) atoms. The van der Waals surface area contributed by atoms with E-state index in [0.29, 0.717) is 24.8 Å². The largest absolute Gasteiger partial charge is 0.467 e. The van der Waals surface area contributed by atoms with E-state index in [1.165, 1.54) is 0 Å². The summed E-state index contributed by atoms with van der Waals surface area (Å²) in [6.07, 6.45) is 3.32. The maximum Gasteiger partial charge on any atom is 0.236 e. The molecule has 2 rings (SSSR count). The van der Waals surface area contributed by atoms with Gasteiger partial charge in [0, 0.05) is 19.8 Å². The lowest BCUT2D eigenvalue weighted by Gasteiger charge is -2.21. The highest BCUT2D eigenvalue weighted by Crippen LogP contribution is 2.08. The number of halogens is 1. The van der Waals surface area contributed by atoms with Crippen molar-refractivity contribution in [2.24, 2.45) is 0 Å². The summed E-state index contributed by atoms with van der Waals surface area (Å²) in [5.41, 5.74) is 1.02. The predicted molar refractivity (Wildman–Crippen MR) is 80.8 cm³/mol. The average molecular weight is 308 g/mol. The van der Waals surface area contributed by atoms with Gasteiger partial charge in [0.25, 0.3) is 0 Å². The van der Waals surface area contributed by atoms with Crippen molar-refractivity contribution >= 4 is 17.5 Å². The fraction of sp³-hybridized carbons (Fsp3) is 0.333. The van der Waals surface area contributed by atoms with Crippen LogP contribution in [-0.4, -0.2) is 41.3 Å². The van der Waals surface area contributed by atoms with Gasteiger partial charge in [-0.2, -0.15) is 0 Å². The monoisotopic (exact) mass is 307 g/mol. The van der Waals surface area contributed by atoms with E-state index in [4.69, 9.17) is 16.0 Å². The number of pyridine rings is 1. The maximum absolute atomic E-state index is 12.1. The van der Waals surface area contributed by atoms with Gasteiger partial charge in [-0.25, -0.2) is 4.98 Å². The summed E-state index contributed by atoms with van der Waals surface area (Å²) in [7, 11) is 3.66. The van der Waals surface area contributed by atoms with Crippen LogP contribution in [0.4, 0.5) is 0 Å². The summed E-state index contributed by atoms with van der Waals surface area (Å²) in [5.74, 6) is 0.811. The van der Waals surface area contributed by atoms with E-state index < -0.39 is 0 Å². The minimum absolute atomic E-state index is 0.0378. The Kier molecular flexibility index (Phi) is 5.36. The minimum Gasteiger partial charge on any atom is -0.467 e. The second-order valence-corrected chi connectivity index (χ2v) is 5.38. The third-order valence-electron chi connectivity index (χ3n) is 3.05. The highest BCUT2D eigenvalue weighted by Gasteiger charge is 2.13. The van der Waals surface area contributed by atoms with Crippen molar-refractivity contribution in [2.45, 2.75) is 13.1 Å². The molecule has 2 aromatic heterocycles. The number of rotatable bonds is 6. The summed E-state index contributed by atoms with van der Waals surface area (Å²) in [5, 5.41) is 0.468. The van der Waals surface area contributed by atoms with Crippen LogP contribution in [0.1, 0.15) is 11.3 Å². The molecule has 2 heterocycles. The average Bonchev–Trinajstić information content (AvgIpc) is 2.94. The Balaban J connectivity index is 1.82. The van der Waals surface area contributed by atoms with Crippen molar-refractivity contribution in [1.82, 2.24) is 14.8 Å². The molecule has 0 spiro atoms. The fourth-order valence-corrected chi connectivity index (χ4v) is 2.06. The Morgan fingerprint density at radius 3 is 2.71 bits per heavy atom. The Hall–Kier alpha value is -1.85. The van der Waals surface area contributed by atoms with Crippen molar-refractivity contribution < 1.29 is 9.21 Å². The third kappa shape index (κ3) is 4.88. The van der Waals surface area contributed by atoms with E-state index in [0.717, 1.165) is 11.3 Å². The van der Waals surface area contributed by atoms with E-state index in [1.807, 2.05) is 30.1 Å². The molecule has 2 aromatic rings. The number of carbonyl (C=O) groups excluding carboxylic acids is 1. The van der Waals surface area contributed by atoms with Gasteiger partial charge in [0.1, 0.15) is 10.9 Å². The summed E-state index contributed by atoms with van der Waals surface area (Å²) in [4.78, 5) is 19.7. The molecule has 112 valence electrons. The first-order chi connectivity index (χ1) is 10.0. The van der Waals surface area contributed by atoms with Gasteiger partial charge in [0.15, 0.2) is 0 Å². The fourth-order valence-electron chi connectivity index (χ4n) is 1.94. The Morgan fingerprint density at radius 1 is 1.29 bits per heavy atom. The SMILES string of the molecule is CN(CC(=O)N(C)Cc1ccco1)Cc1ccc(Cl)nc1. The van der Waals surface area contributed by atoms with Crippen LogP contribution in [0.5, 0.6) is 0 Å². The van der Waals surface area contributed by atoms with Crippen molar-refractivity contribution in [1.29, 1.82) is 0 Å². The zero-order valence-corrected chi connectivity index (χ0v) is 12.9. The molecule has 0 saturated carbocycles. The molecule has 0 radical (unpaired) electrons. The molecule has 0 unspecified atom stereocenters. The molecular weight excluding hydrogens is 290 g/mol. The van der Waals surface area contributed by atoms with Gasteiger partial charge in [-0.05, 0) is 30.8 Å².